The lowest BCUT2D eigenvalue weighted by atomic mass is 10.0. The zero-order valence-corrected chi connectivity index (χ0v) is 23.0. The van der Waals surface area contributed by atoms with E-state index in [-0.39, 0.29) is 23.5 Å². The molecule has 3 aromatic carbocycles. The minimum atomic E-state index is -3.74. The lowest BCUT2D eigenvalue weighted by molar-refractivity contribution is 0.0827. The summed E-state index contributed by atoms with van der Waals surface area (Å²) in [6, 6.07) is 20.2. The largest absolute Gasteiger partial charge is 0.377 e. The average molecular weight is 546 g/mol. The number of aromatic nitrogens is 2. The molecule has 0 radical (unpaired) electrons. The standard InChI is InChI=1S/C29H31N5O4S/c1-19-10-11-21(17-26(19)39(36,37)30-18-23-7-6-16-38-23)27-24-8-4-5-9-25(24)28(33-32-27)31-22-14-12-20(13-15-22)29(35)34(2)3/h4-5,8-15,17,23,30H,6-7,16,18H2,1-3H3,(H,31,33)/t23-/m1/s1. The van der Waals surface area contributed by atoms with Crippen LogP contribution in [-0.4, -0.2) is 62.8 Å². The Morgan fingerprint density at radius 1 is 1.03 bits per heavy atom. The number of aryl methyl sites for hydroxylation is 1. The monoisotopic (exact) mass is 545 g/mol. The fraction of sp³-hybridized carbons (Fsp3) is 0.276. The lowest BCUT2D eigenvalue weighted by Gasteiger charge is -2.15. The molecule has 0 bridgehead atoms. The zero-order valence-electron chi connectivity index (χ0n) is 22.1. The molecule has 1 aliphatic heterocycles. The van der Waals surface area contributed by atoms with Gasteiger partial charge in [0.2, 0.25) is 10.0 Å². The summed E-state index contributed by atoms with van der Waals surface area (Å²) in [4.78, 5) is 13.9. The van der Waals surface area contributed by atoms with Crippen molar-refractivity contribution >= 4 is 38.2 Å². The fourth-order valence-electron chi connectivity index (χ4n) is 4.62. The van der Waals surface area contributed by atoms with Gasteiger partial charge in [-0.05, 0) is 55.7 Å². The first-order valence-corrected chi connectivity index (χ1v) is 14.3. The number of anilines is 2. The molecule has 1 aromatic heterocycles. The Bertz CT molecular complexity index is 1620. The van der Waals surface area contributed by atoms with Crippen LogP contribution >= 0.6 is 0 Å². The highest BCUT2D eigenvalue weighted by Gasteiger charge is 2.23. The highest BCUT2D eigenvalue weighted by Crippen LogP contribution is 2.33. The Balaban J connectivity index is 1.45. The molecule has 39 heavy (non-hydrogen) atoms. The van der Waals surface area contributed by atoms with Crippen LogP contribution in [-0.2, 0) is 14.8 Å². The number of carbonyl (C=O) groups is 1. The number of nitrogens with zero attached hydrogens (tertiary/aromatic N) is 3. The summed E-state index contributed by atoms with van der Waals surface area (Å²) < 4.78 is 34.6. The average Bonchev–Trinajstić information content (AvgIpc) is 3.46. The molecule has 4 aromatic rings. The Morgan fingerprint density at radius 3 is 2.46 bits per heavy atom. The number of sulfonamides is 1. The number of hydrogen-bond donors (Lipinski definition) is 2. The van der Waals surface area contributed by atoms with Crippen molar-refractivity contribution in [2.75, 3.05) is 32.6 Å². The van der Waals surface area contributed by atoms with Gasteiger partial charge < -0.3 is 15.0 Å². The summed E-state index contributed by atoms with van der Waals surface area (Å²) in [6.45, 7) is 2.69. The van der Waals surface area contributed by atoms with Crippen molar-refractivity contribution in [3.8, 4) is 11.3 Å². The van der Waals surface area contributed by atoms with Crippen LogP contribution < -0.4 is 10.0 Å². The van der Waals surface area contributed by atoms with Gasteiger partial charge in [0.1, 0.15) is 5.69 Å². The number of amides is 1. The predicted molar refractivity (Wildman–Crippen MR) is 152 cm³/mol. The molecule has 1 amide bonds. The van der Waals surface area contributed by atoms with Crippen LogP contribution in [0, 0.1) is 6.92 Å². The second-order valence-electron chi connectivity index (χ2n) is 9.81. The molecule has 202 valence electrons. The van der Waals surface area contributed by atoms with Gasteiger partial charge in [0.25, 0.3) is 5.91 Å². The molecule has 0 saturated carbocycles. The van der Waals surface area contributed by atoms with E-state index < -0.39 is 10.0 Å². The Labute approximate surface area is 228 Å². The second-order valence-corrected chi connectivity index (χ2v) is 11.5. The van der Waals surface area contributed by atoms with Crippen molar-refractivity contribution in [1.82, 2.24) is 19.8 Å². The van der Waals surface area contributed by atoms with Crippen LogP contribution in [0.3, 0.4) is 0 Å². The number of ether oxygens (including phenoxy) is 1. The zero-order chi connectivity index (χ0) is 27.6. The topological polar surface area (TPSA) is 114 Å². The minimum absolute atomic E-state index is 0.0716. The van der Waals surface area contributed by atoms with E-state index in [0.29, 0.717) is 34.8 Å². The first-order chi connectivity index (χ1) is 18.7. The molecule has 10 heteroatoms. The fourth-order valence-corrected chi connectivity index (χ4v) is 5.96. The van der Waals surface area contributed by atoms with E-state index in [9.17, 15) is 13.2 Å². The van der Waals surface area contributed by atoms with Gasteiger partial charge in [-0.2, -0.15) is 0 Å². The number of nitrogens with one attached hydrogen (secondary N) is 2. The molecule has 1 fully saturated rings. The van der Waals surface area contributed by atoms with Crippen molar-refractivity contribution in [3.63, 3.8) is 0 Å². The quantitative estimate of drug-likeness (QED) is 0.335. The molecule has 2 N–H and O–H groups in total. The molecule has 0 unspecified atom stereocenters. The van der Waals surface area contributed by atoms with E-state index in [1.807, 2.05) is 42.5 Å². The lowest BCUT2D eigenvalue weighted by Crippen LogP contribution is -2.32. The van der Waals surface area contributed by atoms with Gasteiger partial charge in [-0.15, -0.1) is 10.2 Å². The first-order valence-electron chi connectivity index (χ1n) is 12.8. The van der Waals surface area contributed by atoms with Crippen LogP contribution in [0.1, 0.15) is 28.8 Å². The summed E-state index contributed by atoms with van der Waals surface area (Å²) >= 11 is 0. The number of fused-ring (bicyclic) bond motifs is 1. The van der Waals surface area contributed by atoms with Gasteiger partial charge in [0.05, 0.1) is 11.0 Å². The van der Waals surface area contributed by atoms with Gasteiger partial charge in [0.15, 0.2) is 5.82 Å². The van der Waals surface area contributed by atoms with Gasteiger partial charge in [-0.25, -0.2) is 13.1 Å². The molecule has 1 aliphatic rings. The Kier molecular flexibility index (Phi) is 7.60. The molecular formula is C29H31N5O4S. The molecule has 5 rings (SSSR count). The summed E-state index contributed by atoms with van der Waals surface area (Å²) in [5.74, 6) is 0.483. The van der Waals surface area contributed by atoms with Crippen molar-refractivity contribution < 1.29 is 17.9 Å². The Hall–Kier alpha value is -3.86. The third kappa shape index (κ3) is 5.78. The minimum Gasteiger partial charge on any atom is -0.377 e. The normalized spacial score (nSPS) is 15.4. The SMILES string of the molecule is Cc1ccc(-c2nnc(Nc3ccc(C(=O)N(C)C)cc3)c3ccccc23)cc1S(=O)(=O)NC[C@H]1CCCO1. The summed E-state index contributed by atoms with van der Waals surface area (Å²) in [6.07, 6.45) is 1.70. The van der Waals surface area contributed by atoms with Gasteiger partial charge in [-0.1, -0.05) is 36.4 Å². The van der Waals surface area contributed by atoms with Crippen molar-refractivity contribution in [3.05, 3.63) is 77.9 Å². The number of rotatable bonds is 8. The maximum Gasteiger partial charge on any atom is 0.253 e. The smallest absolute Gasteiger partial charge is 0.253 e. The van der Waals surface area contributed by atoms with Crippen molar-refractivity contribution in [2.45, 2.75) is 30.8 Å². The third-order valence-corrected chi connectivity index (χ3v) is 8.33. The van der Waals surface area contributed by atoms with Crippen LogP contribution in [0.2, 0.25) is 0 Å². The van der Waals surface area contributed by atoms with Crippen LogP contribution in [0.5, 0.6) is 0 Å². The van der Waals surface area contributed by atoms with Gasteiger partial charge in [-0.3, -0.25) is 4.79 Å². The highest BCUT2D eigenvalue weighted by molar-refractivity contribution is 7.89. The van der Waals surface area contributed by atoms with E-state index in [0.717, 1.165) is 29.3 Å². The molecule has 0 spiro atoms. The van der Waals surface area contributed by atoms with E-state index in [1.54, 1.807) is 45.3 Å². The van der Waals surface area contributed by atoms with Crippen molar-refractivity contribution in [2.24, 2.45) is 0 Å². The third-order valence-electron chi connectivity index (χ3n) is 6.76. The van der Waals surface area contributed by atoms with E-state index >= 15 is 0 Å². The van der Waals surface area contributed by atoms with Gasteiger partial charge in [0, 0.05) is 54.8 Å². The second kappa shape index (κ2) is 11.1. The van der Waals surface area contributed by atoms with Gasteiger partial charge >= 0.3 is 0 Å². The predicted octanol–water partition coefficient (Wildman–Crippen LogP) is 4.51. The first kappa shape index (κ1) is 26.7. The summed E-state index contributed by atoms with van der Waals surface area (Å²) in [7, 11) is -0.315. The number of hydrogen-bond acceptors (Lipinski definition) is 7. The van der Waals surface area contributed by atoms with Crippen molar-refractivity contribution in [1.29, 1.82) is 0 Å². The van der Waals surface area contributed by atoms with E-state index in [2.05, 4.69) is 20.2 Å². The molecule has 1 saturated heterocycles. The maximum absolute atomic E-state index is 13.2. The molecule has 2 heterocycles. The number of benzene rings is 3. The van der Waals surface area contributed by atoms with E-state index in [1.165, 1.54) is 4.90 Å². The van der Waals surface area contributed by atoms with Crippen LogP contribution in [0.4, 0.5) is 11.5 Å². The molecule has 9 nitrogen and oxygen atoms in total. The van der Waals surface area contributed by atoms with E-state index in [4.69, 9.17) is 4.74 Å². The van der Waals surface area contributed by atoms with Crippen LogP contribution in [0.15, 0.2) is 71.6 Å². The van der Waals surface area contributed by atoms with Crippen LogP contribution in [0.25, 0.3) is 22.0 Å². The highest BCUT2D eigenvalue weighted by atomic mass is 32.2. The molecule has 0 aliphatic carbocycles. The molecular weight excluding hydrogens is 514 g/mol. The Morgan fingerprint density at radius 2 is 1.77 bits per heavy atom. The molecule has 1 atom stereocenters. The summed E-state index contributed by atoms with van der Waals surface area (Å²) in [5.41, 5.74) is 3.23. The summed E-state index contributed by atoms with van der Waals surface area (Å²) in [5, 5.41) is 13.9. The maximum atomic E-state index is 13.2. The number of carbonyl (C=O) groups excluding carboxylic acids is 1.